The van der Waals surface area contributed by atoms with Crippen molar-refractivity contribution in [1.82, 2.24) is 5.32 Å². The first kappa shape index (κ1) is 30.4. The van der Waals surface area contributed by atoms with Gasteiger partial charge in [-0.1, -0.05) is 25.8 Å². The molecule has 3 aromatic rings. The Balaban J connectivity index is 1.64. The van der Waals surface area contributed by atoms with Crippen molar-refractivity contribution in [1.29, 1.82) is 0 Å². The number of carboxylic acids is 1. The second-order valence-electron chi connectivity index (χ2n) is 9.11. The molecule has 0 heterocycles. The lowest BCUT2D eigenvalue weighted by atomic mass is 10.0. The average molecular weight is 565 g/mol. The number of unbranched alkanes of at least 4 members (excludes halogenated alkanes) is 1. The summed E-state index contributed by atoms with van der Waals surface area (Å²) in [5.41, 5.74) is -0.554. The lowest BCUT2D eigenvalue weighted by molar-refractivity contribution is -0.138. The highest BCUT2D eigenvalue weighted by molar-refractivity contribution is 5.94. The van der Waals surface area contributed by atoms with Crippen molar-refractivity contribution in [3.05, 3.63) is 83.4 Å². The Hall–Kier alpha value is -4.15. The summed E-state index contributed by atoms with van der Waals surface area (Å²) >= 11 is 0. The predicted molar refractivity (Wildman–Crippen MR) is 140 cm³/mol. The van der Waals surface area contributed by atoms with E-state index in [0.717, 1.165) is 31.4 Å². The van der Waals surface area contributed by atoms with E-state index < -0.39 is 29.3 Å². The number of carbonyl (C=O) groups is 2. The van der Waals surface area contributed by atoms with E-state index in [4.69, 9.17) is 9.84 Å². The third-order valence-corrected chi connectivity index (χ3v) is 6.03. The third-order valence-electron chi connectivity index (χ3n) is 6.03. The summed E-state index contributed by atoms with van der Waals surface area (Å²) < 4.78 is 73.4. The van der Waals surface area contributed by atoms with Gasteiger partial charge in [-0.3, -0.25) is 9.59 Å². The van der Waals surface area contributed by atoms with E-state index in [-0.39, 0.29) is 48.4 Å². The van der Waals surface area contributed by atoms with Crippen LogP contribution in [0.5, 0.6) is 5.75 Å². The summed E-state index contributed by atoms with van der Waals surface area (Å²) in [6, 6.07) is 12.1. The number of nitrogens with one attached hydrogen (secondary N) is 2. The lowest BCUT2D eigenvalue weighted by Gasteiger charge is -2.21. The smallest absolute Gasteiger partial charge is 0.416 e. The van der Waals surface area contributed by atoms with Gasteiger partial charge in [-0.15, -0.1) is 0 Å². The van der Waals surface area contributed by atoms with E-state index in [2.05, 4.69) is 10.6 Å². The Bertz CT molecular complexity index is 1310. The molecule has 0 bridgehead atoms. The van der Waals surface area contributed by atoms with Gasteiger partial charge in [0.15, 0.2) is 0 Å². The van der Waals surface area contributed by atoms with Crippen LogP contribution in [0.25, 0.3) is 11.1 Å². The molecule has 0 saturated carbocycles. The van der Waals surface area contributed by atoms with E-state index >= 15 is 0 Å². The number of rotatable bonds is 13. The van der Waals surface area contributed by atoms with E-state index in [9.17, 15) is 31.5 Å². The molecule has 1 atom stereocenters. The van der Waals surface area contributed by atoms with Crippen LogP contribution < -0.4 is 15.4 Å². The fourth-order valence-corrected chi connectivity index (χ4v) is 3.90. The molecule has 3 rings (SSSR count). The van der Waals surface area contributed by atoms with Crippen LogP contribution in [0.3, 0.4) is 0 Å². The Kier molecular flexibility index (Phi) is 10.5. The summed E-state index contributed by atoms with van der Waals surface area (Å²) in [5, 5.41) is 14.5. The molecule has 6 nitrogen and oxygen atoms in total. The van der Waals surface area contributed by atoms with Gasteiger partial charge < -0.3 is 20.5 Å². The quantitative estimate of drug-likeness (QED) is 0.197. The molecule has 214 valence electrons. The maximum Gasteiger partial charge on any atom is 0.416 e. The zero-order valence-corrected chi connectivity index (χ0v) is 21.7. The lowest BCUT2D eigenvalue weighted by Crippen LogP contribution is -2.27. The minimum atomic E-state index is -4.71. The fraction of sp³-hybridized carbons (Fsp3) is 0.310. The number of anilines is 1. The third kappa shape index (κ3) is 8.69. The molecule has 0 aliphatic heterocycles. The molecule has 0 fully saturated rings. The van der Waals surface area contributed by atoms with Crippen LogP contribution >= 0.6 is 0 Å². The number of halogens is 5. The van der Waals surface area contributed by atoms with Gasteiger partial charge in [-0.05, 0) is 55.0 Å². The Morgan fingerprint density at radius 1 is 0.950 bits per heavy atom. The topological polar surface area (TPSA) is 87.7 Å². The zero-order chi connectivity index (χ0) is 29.3. The van der Waals surface area contributed by atoms with Crippen LogP contribution in [0, 0.1) is 11.6 Å². The molecule has 0 aliphatic carbocycles. The van der Waals surface area contributed by atoms with Crippen molar-refractivity contribution < 1.29 is 41.4 Å². The van der Waals surface area contributed by atoms with Crippen molar-refractivity contribution in [2.75, 3.05) is 18.5 Å². The van der Waals surface area contributed by atoms with Crippen molar-refractivity contribution in [3.8, 4) is 16.9 Å². The number of carbonyl (C=O) groups excluding carboxylic acids is 1. The minimum absolute atomic E-state index is 0.0193. The van der Waals surface area contributed by atoms with E-state index in [1.807, 2.05) is 6.92 Å². The van der Waals surface area contributed by atoms with Crippen molar-refractivity contribution >= 4 is 17.6 Å². The SMILES string of the molecule is CCCCC(COc1ccc(-c2ccc(C(F)(F)F)cc2F)c(F)c1)Nc1ccc(C(=O)NCCC(=O)O)cc1. The van der Waals surface area contributed by atoms with Crippen molar-refractivity contribution in [2.45, 2.75) is 44.8 Å². The van der Waals surface area contributed by atoms with Gasteiger partial charge in [0.25, 0.3) is 5.91 Å². The van der Waals surface area contributed by atoms with Crippen LogP contribution in [-0.2, 0) is 11.0 Å². The number of ether oxygens (including phenoxy) is 1. The van der Waals surface area contributed by atoms with Crippen molar-refractivity contribution in [2.24, 2.45) is 0 Å². The van der Waals surface area contributed by atoms with E-state index in [0.29, 0.717) is 23.4 Å². The molecular formula is C29H29F5N2O4. The minimum Gasteiger partial charge on any atom is -0.491 e. The van der Waals surface area contributed by atoms with Crippen LogP contribution in [0.2, 0.25) is 0 Å². The highest BCUT2D eigenvalue weighted by atomic mass is 19.4. The normalized spacial score (nSPS) is 12.1. The number of hydrogen-bond acceptors (Lipinski definition) is 4. The largest absolute Gasteiger partial charge is 0.491 e. The number of amides is 1. The van der Waals surface area contributed by atoms with E-state index in [1.54, 1.807) is 24.3 Å². The summed E-state index contributed by atoms with van der Waals surface area (Å²) in [6.07, 6.45) is -2.35. The fourth-order valence-electron chi connectivity index (χ4n) is 3.90. The molecule has 3 aromatic carbocycles. The molecule has 0 saturated heterocycles. The molecule has 1 unspecified atom stereocenters. The molecule has 0 spiro atoms. The van der Waals surface area contributed by atoms with Crippen LogP contribution in [0.1, 0.15) is 48.5 Å². The standard InChI is InChI=1S/C29H29F5N2O4/c1-2-3-4-21(36-20-8-5-18(6-9-20)28(39)35-14-13-27(37)38)17-40-22-10-12-24(26(31)16-22)23-11-7-19(15-25(23)30)29(32,33)34/h5-12,15-16,21,36H,2-4,13-14,17H2,1H3,(H,35,39)(H,37,38). The van der Waals surface area contributed by atoms with Crippen LogP contribution in [-0.4, -0.2) is 36.2 Å². The van der Waals surface area contributed by atoms with E-state index in [1.165, 1.54) is 12.1 Å². The monoisotopic (exact) mass is 564 g/mol. The first-order chi connectivity index (χ1) is 19.0. The Morgan fingerprint density at radius 3 is 2.17 bits per heavy atom. The summed E-state index contributed by atoms with van der Waals surface area (Å²) in [5.74, 6) is -3.25. The van der Waals surface area contributed by atoms with Gasteiger partial charge in [-0.2, -0.15) is 13.2 Å². The molecule has 0 aliphatic rings. The first-order valence-corrected chi connectivity index (χ1v) is 12.6. The van der Waals surface area contributed by atoms with Gasteiger partial charge >= 0.3 is 12.1 Å². The Labute approximate surface area is 228 Å². The second-order valence-corrected chi connectivity index (χ2v) is 9.11. The molecule has 11 heteroatoms. The molecule has 0 aromatic heterocycles. The maximum atomic E-state index is 14.8. The first-order valence-electron chi connectivity index (χ1n) is 12.6. The van der Waals surface area contributed by atoms with Gasteiger partial charge in [0, 0.05) is 35.0 Å². The maximum absolute atomic E-state index is 14.8. The Morgan fingerprint density at radius 2 is 1.60 bits per heavy atom. The molecule has 0 radical (unpaired) electrons. The van der Waals surface area contributed by atoms with Crippen molar-refractivity contribution in [3.63, 3.8) is 0 Å². The molecule has 40 heavy (non-hydrogen) atoms. The zero-order valence-electron chi connectivity index (χ0n) is 21.7. The number of alkyl halides is 3. The van der Waals surface area contributed by atoms with Gasteiger partial charge in [-0.25, -0.2) is 8.78 Å². The number of aliphatic carboxylic acids is 1. The summed E-state index contributed by atoms with van der Waals surface area (Å²) in [6.45, 7) is 2.21. The number of hydrogen-bond donors (Lipinski definition) is 3. The van der Waals surface area contributed by atoms with Crippen LogP contribution in [0.15, 0.2) is 60.7 Å². The average Bonchev–Trinajstić information content (AvgIpc) is 2.90. The summed E-state index contributed by atoms with van der Waals surface area (Å²) in [4.78, 5) is 22.7. The number of carboxylic acid groups (broad SMARTS) is 1. The highest BCUT2D eigenvalue weighted by Crippen LogP contribution is 2.34. The van der Waals surface area contributed by atoms with Crippen LogP contribution in [0.4, 0.5) is 27.6 Å². The van der Waals surface area contributed by atoms with Gasteiger partial charge in [0.2, 0.25) is 0 Å². The molecule has 3 N–H and O–H groups in total. The second kappa shape index (κ2) is 13.8. The summed E-state index contributed by atoms with van der Waals surface area (Å²) in [7, 11) is 0. The number of benzene rings is 3. The highest BCUT2D eigenvalue weighted by Gasteiger charge is 2.31. The van der Waals surface area contributed by atoms with Gasteiger partial charge in [0.1, 0.15) is 24.0 Å². The molecular weight excluding hydrogens is 535 g/mol. The van der Waals surface area contributed by atoms with Gasteiger partial charge in [0.05, 0.1) is 18.0 Å². The predicted octanol–water partition coefficient (Wildman–Crippen LogP) is 6.90. The molecule has 1 amide bonds.